The minimum Gasteiger partial charge on any atom is -0.489 e. The smallest absolute Gasteiger partial charge is 0.145 e. The van der Waals surface area contributed by atoms with Gasteiger partial charge in [-0.3, -0.25) is 0 Å². The summed E-state index contributed by atoms with van der Waals surface area (Å²) in [6, 6.07) is 5.66. The van der Waals surface area contributed by atoms with Crippen LogP contribution in [0.1, 0.15) is 5.56 Å². The second-order valence-corrected chi connectivity index (χ2v) is 3.79. The lowest BCUT2D eigenvalue weighted by Gasteiger charge is -2.11. The second kappa shape index (κ2) is 8.74. The molecule has 5 nitrogen and oxygen atoms in total. The molecule has 0 aliphatic carbocycles. The van der Waals surface area contributed by atoms with E-state index in [9.17, 15) is 0 Å². The van der Waals surface area contributed by atoms with Crippen LogP contribution < -0.4 is 10.5 Å². The summed E-state index contributed by atoms with van der Waals surface area (Å²) in [5.41, 5.74) is 7.46. The summed E-state index contributed by atoms with van der Waals surface area (Å²) in [4.78, 5) is 0. The highest BCUT2D eigenvalue weighted by Gasteiger charge is 2.03. The van der Waals surface area contributed by atoms with E-state index in [4.69, 9.17) is 25.1 Å². The van der Waals surface area contributed by atoms with Crippen molar-refractivity contribution in [3.05, 3.63) is 23.8 Å². The van der Waals surface area contributed by atoms with Crippen molar-refractivity contribution in [3.8, 4) is 5.75 Å². The van der Waals surface area contributed by atoms with Crippen LogP contribution >= 0.6 is 0 Å². The van der Waals surface area contributed by atoms with E-state index in [0.717, 1.165) is 11.3 Å². The fourth-order valence-electron chi connectivity index (χ4n) is 1.46. The Morgan fingerprint density at radius 1 is 1.06 bits per heavy atom. The number of rotatable bonds is 9. The first kappa shape index (κ1) is 14.8. The molecule has 0 aromatic heterocycles. The third-order valence-electron chi connectivity index (χ3n) is 2.32. The number of hydrogen-bond acceptors (Lipinski definition) is 5. The third kappa shape index (κ3) is 5.35. The van der Waals surface area contributed by atoms with Crippen LogP contribution in [0, 0.1) is 6.92 Å². The predicted octanol–water partition coefficient (Wildman–Crippen LogP) is 0.982. The first-order valence-corrected chi connectivity index (χ1v) is 6.00. The van der Waals surface area contributed by atoms with Crippen molar-refractivity contribution in [2.24, 2.45) is 0 Å². The van der Waals surface area contributed by atoms with E-state index in [1.807, 2.05) is 25.1 Å². The molecule has 1 rings (SSSR count). The fourth-order valence-corrected chi connectivity index (χ4v) is 1.46. The molecule has 1 aromatic carbocycles. The number of para-hydroxylation sites is 1. The molecule has 102 valence electrons. The highest BCUT2D eigenvalue weighted by atomic mass is 16.5. The number of hydrogen-bond donors (Lipinski definition) is 2. The number of aliphatic hydroxyl groups excluding tert-OH is 1. The standard InChI is InChI=1S/C13H21NO4/c1-11-3-2-4-12(14)13(11)18-10-9-17-8-7-16-6-5-15/h2-4,15H,5-10,14H2,1H3. The third-order valence-corrected chi connectivity index (χ3v) is 2.32. The molecule has 0 bridgehead atoms. The number of aryl methyl sites for hydroxylation is 1. The Hall–Kier alpha value is -1.30. The largest absolute Gasteiger partial charge is 0.489 e. The SMILES string of the molecule is Cc1cccc(N)c1OCCOCCOCCO. The predicted molar refractivity (Wildman–Crippen MR) is 69.8 cm³/mol. The number of ether oxygens (including phenoxy) is 3. The van der Waals surface area contributed by atoms with Crippen molar-refractivity contribution >= 4 is 5.69 Å². The Balaban J connectivity index is 2.11. The zero-order valence-corrected chi connectivity index (χ0v) is 10.7. The van der Waals surface area contributed by atoms with Crippen LogP contribution in [0.25, 0.3) is 0 Å². The minimum atomic E-state index is 0.0374. The molecule has 0 aliphatic heterocycles. The first-order valence-electron chi connectivity index (χ1n) is 6.00. The minimum absolute atomic E-state index is 0.0374. The van der Waals surface area contributed by atoms with Crippen LogP contribution in [0.3, 0.4) is 0 Å². The summed E-state index contributed by atoms with van der Waals surface area (Å²) in [5.74, 6) is 0.720. The Morgan fingerprint density at radius 3 is 2.39 bits per heavy atom. The molecule has 0 aliphatic rings. The molecule has 0 amide bonds. The maximum Gasteiger partial charge on any atom is 0.145 e. The van der Waals surface area contributed by atoms with E-state index < -0.39 is 0 Å². The fraction of sp³-hybridized carbons (Fsp3) is 0.538. The Bertz CT molecular complexity index is 324. The van der Waals surface area contributed by atoms with Crippen LogP contribution in [0.2, 0.25) is 0 Å². The topological polar surface area (TPSA) is 73.9 Å². The van der Waals surface area contributed by atoms with E-state index in [-0.39, 0.29) is 6.61 Å². The van der Waals surface area contributed by atoms with E-state index >= 15 is 0 Å². The summed E-state index contributed by atoms with van der Waals surface area (Å²) >= 11 is 0. The first-order chi connectivity index (χ1) is 8.75. The maximum absolute atomic E-state index is 8.49. The molecule has 3 N–H and O–H groups in total. The lowest BCUT2D eigenvalue weighted by Crippen LogP contribution is -2.12. The molecular formula is C13H21NO4. The number of anilines is 1. The summed E-state index contributed by atoms with van der Waals surface area (Å²) < 4.78 is 15.9. The van der Waals surface area contributed by atoms with Crippen molar-refractivity contribution in [1.82, 2.24) is 0 Å². The van der Waals surface area contributed by atoms with E-state index in [0.29, 0.717) is 38.7 Å². The van der Waals surface area contributed by atoms with Gasteiger partial charge < -0.3 is 25.1 Å². The van der Waals surface area contributed by atoms with Crippen molar-refractivity contribution in [2.75, 3.05) is 45.4 Å². The van der Waals surface area contributed by atoms with Crippen LogP contribution in [0.5, 0.6) is 5.75 Å². The average Bonchev–Trinajstić information content (AvgIpc) is 2.35. The van der Waals surface area contributed by atoms with Crippen LogP contribution in [-0.2, 0) is 9.47 Å². The maximum atomic E-state index is 8.49. The van der Waals surface area contributed by atoms with E-state index in [2.05, 4.69) is 0 Å². The molecule has 0 radical (unpaired) electrons. The lowest BCUT2D eigenvalue weighted by atomic mass is 10.2. The Labute approximate surface area is 107 Å². The molecule has 0 saturated carbocycles. The van der Waals surface area contributed by atoms with Gasteiger partial charge in [0, 0.05) is 0 Å². The summed E-state index contributed by atoms with van der Waals surface area (Å²) in [6.07, 6.45) is 0. The average molecular weight is 255 g/mol. The van der Waals surface area contributed by atoms with Gasteiger partial charge in [0.25, 0.3) is 0 Å². The highest BCUT2D eigenvalue weighted by Crippen LogP contribution is 2.24. The Morgan fingerprint density at radius 2 is 1.72 bits per heavy atom. The van der Waals surface area contributed by atoms with Crippen molar-refractivity contribution in [2.45, 2.75) is 6.92 Å². The number of nitrogens with two attached hydrogens (primary N) is 1. The zero-order chi connectivity index (χ0) is 13.2. The number of aliphatic hydroxyl groups is 1. The van der Waals surface area contributed by atoms with E-state index in [1.165, 1.54) is 0 Å². The van der Waals surface area contributed by atoms with Gasteiger partial charge in [-0.2, -0.15) is 0 Å². The molecule has 1 aromatic rings. The van der Waals surface area contributed by atoms with Gasteiger partial charge >= 0.3 is 0 Å². The molecule has 0 atom stereocenters. The molecule has 0 saturated heterocycles. The molecule has 0 spiro atoms. The lowest BCUT2D eigenvalue weighted by molar-refractivity contribution is 0.0247. The molecule has 0 fully saturated rings. The van der Waals surface area contributed by atoms with Gasteiger partial charge in [0.2, 0.25) is 0 Å². The van der Waals surface area contributed by atoms with Crippen molar-refractivity contribution in [3.63, 3.8) is 0 Å². The van der Waals surface area contributed by atoms with Gasteiger partial charge in [-0.25, -0.2) is 0 Å². The second-order valence-electron chi connectivity index (χ2n) is 3.79. The van der Waals surface area contributed by atoms with Crippen LogP contribution in [-0.4, -0.2) is 44.7 Å². The monoisotopic (exact) mass is 255 g/mol. The normalized spacial score (nSPS) is 10.6. The van der Waals surface area contributed by atoms with Gasteiger partial charge in [-0.05, 0) is 18.6 Å². The van der Waals surface area contributed by atoms with Crippen LogP contribution in [0.4, 0.5) is 5.69 Å². The van der Waals surface area contributed by atoms with Gasteiger partial charge in [-0.1, -0.05) is 12.1 Å². The molecular weight excluding hydrogens is 234 g/mol. The van der Waals surface area contributed by atoms with Gasteiger partial charge in [0.15, 0.2) is 0 Å². The summed E-state index contributed by atoms with van der Waals surface area (Å²) in [6.45, 7) is 4.25. The molecule has 5 heteroatoms. The summed E-state index contributed by atoms with van der Waals surface area (Å²) in [7, 11) is 0. The molecule has 0 unspecified atom stereocenters. The van der Waals surface area contributed by atoms with Gasteiger partial charge in [0.05, 0.1) is 38.7 Å². The van der Waals surface area contributed by atoms with Gasteiger partial charge in [0.1, 0.15) is 12.4 Å². The molecule has 0 heterocycles. The quantitative estimate of drug-likeness (QED) is 0.508. The number of nitrogen functional groups attached to an aromatic ring is 1. The Kier molecular flexibility index (Phi) is 7.17. The highest BCUT2D eigenvalue weighted by molar-refractivity contribution is 5.56. The van der Waals surface area contributed by atoms with E-state index in [1.54, 1.807) is 0 Å². The van der Waals surface area contributed by atoms with Gasteiger partial charge in [-0.15, -0.1) is 0 Å². The van der Waals surface area contributed by atoms with Crippen molar-refractivity contribution in [1.29, 1.82) is 0 Å². The van der Waals surface area contributed by atoms with Crippen molar-refractivity contribution < 1.29 is 19.3 Å². The zero-order valence-electron chi connectivity index (χ0n) is 10.7. The number of benzene rings is 1. The summed E-state index contributed by atoms with van der Waals surface area (Å²) in [5, 5.41) is 8.49. The molecule has 18 heavy (non-hydrogen) atoms. The van der Waals surface area contributed by atoms with Crippen LogP contribution in [0.15, 0.2) is 18.2 Å².